The Kier molecular flexibility index (Phi) is 5.60. The third-order valence-electron chi connectivity index (χ3n) is 4.58. The van der Waals surface area contributed by atoms with Gasteiger partial charge in [0.15, 0.2) is 11.5 Å². The molecule has 2 aromatic rings. The highest BCUT2D eigenvalue weighted by molar-refractivity contribution is 7.98. The van der Waals surface area contributed by atoms with Gasteiger partial charge < -0.3 is 19.3 Å². The minimum absolute atomic E-state index is 0.0673. The number of fused-ring (bicyclic) bond motifs is 1. The molecule has 1 aliphatic heterocycles. The molecule has 3 rings (SSSR count). The molecule has 0 amide bonds. The lowest BCUT2D eigenvalue weighted by Crippen LogP contribution is -2.08. The van der Waals surface area contributed by atoms with Crippen LogP contribution in [0.25, 0.3) is 11.1 Å². The Morgan fingerprint density at radius 1 is 1.19 bits per heavy atom. The zero-order chi connectivity index (χ0) is 19.6. The quantitative estimate of drug-likeness (QED) is 0.720. The summed E-state index contributed by atoms with van der Waals surface area (Å²) in [6.45, 7) is 0.195. The van der Waals surface area contributed by atoms with Gasteiger partial charge in [-0.2, -0.15) is 11.8 Å². The second-order valence-electron chi connectivity index (χ2n) is 5.99. The van der Waals surface area contributed by atoms with Crippen molar-refractivity contribution in [1.29, 1.82) is 0 Å². The fourth-order valence-corrected chi connectivity index (χ4v) is 4.15. The summed E-state index contributed by atoms with van der Waals surface area (Å²) in [4.78, 5) is 23.4. The number of esters is 1. The molecule has 0 fully saturated rings. The molecule has 1 aliphatic rings. The van der Waals surface area contributed by atoms with Crippen molar-refractivity contribution in [2.45, 2.75) is 18.3 Å². The van der Waals surface area contributed by atoms with Crippen molar-refractivity contribution in [2.24, 2.45) is 0 Å². The van der Waals surface area contributed by atoms with Gasteiger partial charge in [-0.1, -0.05) is 18.2 Å². The molecular weight excluding hydrogens is 368 g/mol. The van der Waals surface area contributed by atoms with Crippen LogP contribution in [-0.2, 0) is 16.1 Å². The fraction of sp³-hybridized carbons (Fsp3) is 0.300. The van der Waals surface area contributed by atoms with E-state index in [-0.39, 0.29) is 24.2 Å². The molecule has 7 heteroatoms. The molecule has 0 aromatic heterocycles. The van der Waals surface area contributed by atoms with E-state index in [0.717, 1.165) is 22.3 Å². The Balaban J connectivity index is 2.28. The van der Waals surface area contributed by atoms with Crippen molar-refractivity contribution < 1.29 is 28.9 Å². The van der Waals surface area contributed by atoms with Gasteiger partial charge in [0.2, 0.25) is 0 Å². The average Bonchev–Trinajstić information content (AvgIpc) is 3.06. The highest BCUT2D eigenvalue weighted by Crippen LogP contribution is 2.48. The molecule has 27 heavy (non-hydrogen) atoms. The smallest absolute Gasteiger partial charge is 0.338 e. The number of carbonyl (C=O) groups is 2. The van der Waals surface area contributed by atoms with Crippen molar-refractivity contribution in [3.8, 4) is 22.6 Å². The Labute approximate surface area is 161 Å². The first kappa shape index (κ1) is 19.1. The Morgan fingerprint density at radius 3 is 2.56 bits per heavy atom. The van der Waals surface area contributed by atoms with Crippen molar-refractivity contribution >= 4 is 23.7 Å². The molecular formula is C20H20O6S. The number of ether oxygens (including phenoxy) is 3. The van der Waals surface area contributed by atoms with E-state index in [0.29, 0.717) is 17.1 Å². The van der Waals surface area contributed by atoms with Crippen LogP contribution in [-0.4, -0.2) is 37.5 Å². The van der Waals surface area contributed by atoms with Gasteiger partial charge in [0.05, 0.1) is 26.2 Å². The van der Waals surface area contributed by atoms with E-state index in [1.165, 1.54) is 18.9 Å². The standard InChI is InChI=1S/C20H20O6S/c1-24-15-8-7-12(11-5-4-6-13-14(11)10-26-20(13)23)18(19(15)25-2)16(27-3)9-17(21)22/h4-8,16H,9-10H2,1-3H3,(H,21,22). The molecule has 1 heterocycles. The lowest BCUT2D eigenvalue weighted by Gasteiger charge is -2.23. The topological polar surface area (TPSA) is 82.1 Å². The molecule has 0 aliphatic carbocycles. The number of hydrogen-bond donors (Lipinski definition) is 1. The van der Waals surface area contributed by atoms with Crippen molar-refractivity contribution in [1.82, 2.24) is 0 Å². The Morgan fingerprint density at radius 2 is 1.93 bits per heavy atom. The summed E-state index contributed by atoms with van der Waals surface area (Å²) in [7, 11) is 3.07. The van der Waals surface area contributed by atoms with Gasteiger partial charge >= 0.3 is 11.9 Å². The van der Waals surface area contributed by atoms with Crippen LogP contribution in [0, 0.1) is 0 Å². The first-order valence-corrected chi connectivity index (χ1v) is 9.59. The molecule has 0 saturated carbocycles. The third-order valence-corrected chi connectivity index (χ3v) is 5.56. The van der Waals surface area contributed by atoms with E-state index in [2.05, 4.69) is 0 Å². The summed E-state index contributed by atoms with van der Waals surface area (Å²) in [6.07, 6.45) is 1.79. The SMILES string of the molecule is COc1ccc(-c2cccc3c2COC3=O)c(C(CC(=O)O)SC)c1OC. The number of methoxy groups -OCH3 is 2. The summed E-state index contributed by atoms with van der Waals surface area (Å²) in [6, 6.07) is 9.10. The van der Waals surface area contributed by atoms with Crippen molar-refractivity contribution in [3.05, 3.63) is 47.0 Å². The van der Waals surface area contributed by atoms with Crippen LogP contribution in [0.4, 0.5) is 0 Å². The number of carbonyl (C=O) groups excluding carboxylic acids is 1. The van der Waals surface area contributed by atoms with E-state index >= 15 is 0 Å². The molecule has 142 valence electrons. The van der Waals surface area contributed by atoms with Gasteiger partial charge in [0.1, 0.15) is 6.61 Å². The number of cyclic esters (lactones) is 1. The lowest BCUT2D eigenvalue weighted by molar-refractivity contribution is -0.137. The second-order valence-corrected chi connectivity index (χ2v) is 7.03. The van der Waals surface area contributed by atoms with Crippen LogP contribution in [0.5, 0.6) is 11.5 Å². The minimum Gasteiger partial charge on any atom is -0.493 e. The lowest BCUT2D eigenvalue weighted by atomic mass is 9.90. The average molecular weight is 388 g/mol. The maximum absolute atomic E-state index is 11.9. The molecule has 2 aromatic carbocycles. The molecule has 1 atom stereocenters. The zero-order valence-electron chi connectivity index (χ0n) is 15.3. The molecule has 0 bridgehead atoms. The number of carboxylic acids is 1. The molecule has 0 radical (unpaired) electrons. The van der Waals surface area contributed by atoms with E-state index in [4.69, 9.17) is 14.2 Å². The normalized spacial score (nSPS) is 13.7. The second kappa shape index (κ2) is 7.92. The number of thioether (sulfide) groups is 1. The predicted molar refractivity (Wildman–Crippen MR) is 103 cm³/mol. The minimum atomic E-state index is -0.901. The van der Waals surface area contributed by atoms with Crippen LogP contribution in [0.15, 0.2) is 30.3 Å². The van der Waals surface area contributed by atoms with Crippen LogP contribution in [0.3, 0.4) is 0 Å². The van der Waals surface area contributed by atoms with Crippen LogP contribution in [0.2, 0.25) is 0 Å². The van der Waals surface area contributed by atoms with Gasteiger partial charge in [0, 0.05) is 16.4 Å². The van der Waals surface area contributed by atoms with Crippen LogP contribution < -0.4 is 9.47 Å². The van der Waals surface area contributed by atoms with Gasteiger partial charge in [0.25, 0.3) is 0 Å². The summed E-state index contributed by atoms with van der Waals surface area (Å²) >= 11 is 1.43. The Hall–Kier alpha value is -2.67. The summed E-state index contributed by atoms with van der Waals surface area (Å²) in [5, 5.41) is 9.02. The number of hydrogen-bond acceptors (Lipinski definition) is 6. The van der Waals surface area contributed by atoms with E-state index in [9.17, 15) is 14.7 Å². The van der Waals surface area contributed by atoms with E-state index < -0.39 is 5.97 Å². The monoisotopic (exact) mass is 388 g/mol. The van der Waals surface area contributed by atoms with E-state index in [1.807, 2.05) is 18.4 Å². The molecule has 1 unspecified atom stereocenters. The highest BCUT2D eigenvalue weighted by atomic mass is 32.2. The van der Waals surface area contributed by atoms with Crippen molar-refractivity contribution in [3.63, 3.8) is 0 Å². The maximum atomic E-state index is 11.9. The number of rotatable bonds is 7. The van der Waals surface area contributed by atoms with E-state index in [1.54, 1.807) is 25.3 Å². The summed E-state index contributed by atoms with van der Waals surface area (Å²) in [5.41, 5.74) is 3.71. The number of aliphatic carboxylic acids is 1. The Bertz CT molecular complexity index is 892. The largest absolute Gasteiger partial charge is 0.493 e. The highest BCUT2D eigenvalue weighted by Gasteiger charge is 2.29. The van der Waals surface area contributed by atoms with Gasteiger partial charge in [-0.15, -0.1) is 0 Å². The fourth-order valence-electron chi connectivity index (χ4n) is 3.37. The van der Waals surface area contributed by atoms with Crippen molar-refractivity contribution in [2.75, 3.05) is 20.5 Å². The van der Waals surface area contributed by atoms with Gasteiger partial charge in [-0.05, 0) is 29.5 Å². The number of benzene rings is 2. The number of carboxylic acid groups (broad SMARTS) is 1. The molecule has 6 nitrogen and oxygen atoms in total. The molecule has 0 spiro atoms. The summed E-state index contributed by atoms with van der Waals surface area (Å²) < 4.78 is 16.2. The van der Waals surface area contributed by atoms with Gasteiger partial charge in [-0.3, -0.25) is 4.79 Å². The molecule has 1 N–H and O–H groups in total. The molecule has 0 saturated heterocycles. The first-order valence-electron chi connectivity index (χ1n) is 8.30. The maximum Gasteiger partial charge on any atom is 0.338 e. The van der Waals surface area contributed by atoms with Crippen LogP contribution >= 0.6 is 11.8 Å². The predicted octanol–water partition coefficient (Wildman–Crippen LogP) is 3.92. The first-order chi connectivity index (χ1) is 13.0. The zero-order valence-corrected chi connectivity index (χ0v) is 16.1. The van der Waals surface area contributed by atoms with Crippen LogP contribution in [0.1, 0.15) is 33.2 Å². The summed E-state index contributed by atoms with van der Waals surface area (Å²) in [5.74, 6) is -0.221. The third kappa shape index (κ3) is 3.47. The van der Waals surface area contributed by atoms with Gasteiger partial charge in [-0.25, -0.2) is 4.79 Å².